The molecular weight excluding hydrogens is 446 g/mol. The molecule has 1 aliphatic heterocycles. The Morgan fingerprint density at radius 3 is 2.61 bits per heavy atom. The summed E-state index contributed by atoms with van der Waals surface area (Å²) in [6.07, 6.45) is 3.35. The van der Waals surface area contributed by atoms with E-state index in [9.17, 15) is 9.59 Å². The zero-order valence-corrected chi connectivity index (χ0v) is 19.8. The third-order valence-electron chi connectivity index (χ3n) is 4.70. The molecule has 3 heterocycles. The predicted octanol–water partition coefficient (Wildman–Crippen LogP) is 5.01. The molecule has 3 aromatic rings. The maximum Gasteiger partial charge on any atom is 0.266 e. The third kappa shape index (κ3) is 4.46. The Kier molecular flexibility index (Phi) is 6.31. The van der Waals surface area contributed by atoms with Crippen LogP contribution in [0.15, 0.2) is 68.3 Å². The van der Waals surface area contributed by atoms with Crippen molar-refractivity contribution in [2.45, 2.75) is 30.7 Å². The molecule has 1 aromatic carbocycles. The molecule has 0 unspecified atom stereocenters. The Hall–Kier alpha value is -2.42. The topological polar surface area (TPSA) is 54.7 Å². The number of rotatable bonds is 5. The smallest absolute Gasteiger partial charge is 0.266 e. The van der Waals surface area contributed by atoms with Crippen molar-refractivity contribution in [3.05, 3.63) is 75.0 Å². The van der Waals surface area contributed by atoms with Crippen LogP contribution in [0.3, 0.4) is 0 Å². The minimum Gasteiger partial charge on any atom is -0.293 e. The predicted molar refractivity (Wildman–Crippen MR) is 131 cm³/mol. The average molecular weight is 468 g/mol. The minimum absolute atomic E-state index is 0.159. The van der Waals surface area contributed by atoms with Crippen LogP contribution >= 0.6 is 35.7 Å². The maximum atomic E-state index is 13.4. The Labute approximate surface area is 194 Å². The van der Waals surface area contributed by atoms with Crippen molar-refractivity contribution in [1.29, 1.82) is 0 Å². The Bertz CT molecular complexity index is 1270. The summed E-state index contributed by atoms with van der Waals surface area (Å²) in [6, 6.07) is 13.5. The fraction of sp³-hybridized carbons (Fsp3) is 0.217. The van der Waals surface area contributed by atoms with Gasteiger partial charge >= 0.3 is 0 Å². The number of carbonyl (C=O) groups excluding carboxylic acids is 1. The fourth-order valence-corrected chi connectivity index (χ4v) is 5.41. The van der Waals surface area contributed by atoms with Gasteiger partial charge in [-0.2, -0.15) is 0 Å². The van der Waals surface area contributed by atoms with Crippen molar-refractivity contribution >= 4 is 57.7 Å². The maximum absolute atomic E-state index is 13.4. The molecule has 4 rings (SSSR count). The van der Waals surface area contributed by atoms with Crippen LogP contribution in [0.4, 0.5) is 0 Å². The summed E-state index contributed by atoms with van der Waals surface area (Å²) >= 11 is 8.06. The number of nitrogens with zero attached hydrogens (tertiary/aromatic N) is 3. The lowest BCUT2D eigenvalue weighted by Crippen LogP contribution is -2.31. The Morgan fingerprint density at radius 1 is 1.16 bits per heavy atom. The van der Waals surface area contributed by atoms with Crippen LogP contribution in [0.5, 0.6) is 0 Å². The van der Waals surface area contributed by atoms with Gasteiger partial charge in [0.1, 0.15) is 15.0 Å². The minimum atomic E-state index is -0.207. The molecular formula is C23H21N3O2S3. The highest BCUT2D eigenvalue weighted by atomic mass is 32.2. The molecule has 0 atom stereocenters. The summed E-state index contributed by atoms with van der Waals surface area (Å²) in [6.45, 7) is 6.56. The molecule has 1 fully saturated rings. The van der Waals surface area contributed by atoms with E-state index in [-0.39, 0.29) is 11.5 Å². The summed E-state index contributed by atoms with van der Waals surface area (Å²) in [7, 11) is 0. The molecule has 0 bridgehead atoms. The number of amides is 1. The fourth-order valence-electron chi connectivity index (χ4n) is 3.25. The van der Waals surface area contributed by atoms with Crippen molar-refractivity contribution in [3.63, 3.8) is 0 Å². The number of fused-ring (bicyclic) bond motifs is 1. The van der Waals surface area contributed by atoms with Crippen molar-refractivity contribution < 1.29 is 4.79 Å². The van der Waals surface area contributed by atoms with Gasteiger partial charge in [0, 0.05) is 17.6 Å². The van der Waals surface area contributed by atoms with Gasteiger partial charge in [0.25, 0.3) is 11.5 Å². The van der Waals surface area contributed by atoms with Gasteiger partial charge in [0.05, 0.1) is 10.5 Å². The third-order valence-corrected chi connectivity index (χ3v) is 7.09. The highest BCUT2D eigenvalue weighted by Crippen LogP contribution is 2.35. The van der Waals surface area contributed by atoms with Crippen LogP contribution in [-0.4, -0.2) is 31.1 Å². The molecule has 0 spiro atoms. The summed E-state index contributed by atoms with van der Waals surface area (Å²) in [5.74, 6) is 0.134. The Balaban J connectivity index is 1.86. The number of benzene rings is 1. The number of thioether (sulfide) groups is 1. The summed E-state index contributed by atoms with van der Waals surface area (Å²) in [4.78, 5) is 34.2. The number of hydrogen-bond donors (Lipinski definition) is 0. The molecule has 5 nitrogen and oxygen atoms in total. The van der Waals surface area contributed by atoms with Gasteiger partial charge in [-0.05, 0) is 42.7 Å². The molecule has 1 amide bonds. The molecule has 2 aromatic heterocycles. The van der Waals surface area contributed by atoms with Crippen molar-refractivity contribution in [2.75, 3.05) is 6.54 Å². The molecule has 0 radical (unpaired) electrons. The van der Waals surface area contributed by atoms with Gasteiger partial charge in [-0.25, -0.2) is 4.98 Å². The zero-order chi connectivity index (χ0) is 22.1. The second kappa shape index (κ2) is 8.98. The van der Waals surface area contributed by atoms with Crippen LogP contribution in [0.25, 0.3) is 11.7 Å². The van der Waals surface area contributed by atoms with Crippen LogP contribution in [0.2, 0.25) is 0 Å². The van der Waals surface area contributed by atoms with E-state index in [1.807, 2.05) is 63.2 Å². The number of thiocarbonyl (C=S) groups is 1. The van der Waals surface area contributed by atoms with E-state index >= 15 is 0 Å². The van der Waals surface area contributed by atoms with Crippen LogP contribution in [0.1, 0.15) is 25.0 Å². The summed E-state index contributed by atoms with van der Waals surface area (Å²) in [5, 5.41) is 0.569. The van der Waals surface area contributed by atoms with Crippen LogP contribution in [0, 0.1) is 12.8 Å². The molecule has 0 aliphatic carbocycles. The Morgan fingerprint density at radius 2 is 1.90 bits per heavy atom. The van der Waals surface area contributed by atoms with E-state index in [2.05, 4.69) is 0 Å². The first-order chi connectivity index (χ1) is 14.8. The average Bonchev–Trinajstić information content (AvgIpc) is 2.99. The summed E-state index contributed by atoms with van der Waals surface area (Å²) in [5.41, 5.74) is 1.70. The lowest BCUT2D eigenvalue weighted by Gasteiger charge is -2.16. The second-order valence-electron chi connectivity index (χ2n) is 7.62. The van der Waals surface area contributed by atoms with Gasteiger partial charge in [-0.15, -0.1) is 0 Å². The largest absolute Gasteiger partial charge is 0.293 e. The van der Waals surface area contributed by atoms with Gasteiger partial charge < -0.3 is 0 Å². The van der Waals surface area contributed by atoms with E-state index in [1.54, 1.807) is 17.2 Å². The monoisotopic (exact) mass is 467 g/mol. The summed E-state index contributed by atoms with van der Waals surface area (Å²) < 4.78 is 2.05. The van der Waals surface area contributed by atoms with Gasteiger partial charge in [-0.1, -0.05) is 73.9 Å². The van der Waals surface area contributed by atoms with E-state index < -0.39 is 0 Å². The van der Waals surface area contributed by atoms with E-state index in [4.69, 9.17) is 17.2 Å². The number of hydrogen-bond acceptors (Lipinski definition) is 6. The van der Waals surface area contributed by atoms with Gasteiger partial charge in [0.15, 0.2) is 0 Å². The number of aromatic nitrogens is 2. The first kappa shape index (κ1) is 21.8. The van der Waals surface area contributed by atoms with E-state index in [1.165, 1.54) is 27.9 Å². The van der Waals surface area contributed by atoms with E-state index in [0.717, 1.165) is 10.5 Å². The molecule has 1 saturated heterocycles. The van der Waals surface area contributed by atoms with Crippen LogP contribution < -0.4 is 5.56 Å². The molecule has 0 N–H and O–H groups in total. The number of carbonyl (C=O) groups is 1. The first-order valence-corrected chi connectivity index (χ1v) is 11.9. The number of aryl methyl sites for hydroxylation is 1. The molecule has 158 valence electrons. The normalized spacial score (nSPS) is 15.6. The number of pyridine rings is 1. The lowest BCUT2D eigenvalue weighted by molar-refractivity contribution is -0.122. The molecule has 1 aliphatic rings. The van der Waals surface area contributed by atoms with Crippen LogP contribution in [-0.2, 0) is 4.79 Å². The molecule has 31 heavy (non-hydrogen) atoms. The highest BCUT2D eigenvalue weighted by Gasteiger charge is 2.33. The second-order valence-corrected chi connectivity index (χ2v) is 10.4. The highest BCUT2D eigenvalue weighted by molar-refractivity contribution is 8.26. The van der Waals surface area contributed by atoms with Crippen molar-refractivity contribution in [1.82, 2.24) is 14.3 Å². The molecule has 8 heteroatoms. The van der Waals surface area contributed by atoms with E-state index in [0.29, 0.717) is 37.9 Å². The zero-order valence-electron chi connectivity index (χ0n) is 17.4. The standard InChI is InChI=1S/C23H21N3O2S3/c1-14(2)13-26-22(28)18(31-23(26)29)12-17-20(30-16-9-5-4-6-10-16)24-19-15(3)8-7-11-25(19)21(17)27/h4-12,14H,13H2,1-3H3. The molecule has 0 saturated carbocycles. The van der Waals surface area contributed by atoms with Crippen molar-refractivity contribution in [3.8, 4) is 0 Å². The lowest BCUT2D eigenvalue weighted by atomic mass is 10.2. The first-order valence-electron chi connectivity index (χ1n) is 9.85. The quantitative estimate of drug-likeness (QED) is 0.299. The van der Waals surface area contributed by atoms with Crippen molar-refractivity contribution in [2.24, 2.45) is 5.92 Å². The van der Waals surface area contributed by atoms with Gasteiger partial charge in [0.2, 0.25) is 0 Å². The SMILES string of the molecule is Cc1cccn2c(=O)c(C=C3SC(=S)N(CC(C)C)C3=O)c(Sc3ccccc3)nc12. The van der Waals surface area contributed by atoms with Gasteiger partial charge in [-0.3, -0.25) is 18.9 Å².